The number of carboxylic acids is 1. The maximum absolute atomic E-state index is 12.2. The normalized spacial score (nSPS) is 17.9. The second kappa shape index (κ2) is 6.51. The zero-order valence-electron chi connectivity index (χ0n) is 11.0. The van der Waals surface area contributed by atoms with Crippen molar-refractivity contribution < 1.29 is 19.4 Å². The van der Waals surface area contributed by atoms with Gasteiger partial charge in [0, 0.05) is 5.75 Å². The number of hydrogen-bond acceptors (Lipinski definition) is 4. The molecule has 1 aliphatic heterocycles. The van der Waals surface area contributed by atoms with Gasteiger partial charge in [-0.25, -0.2) is 9.59 Å². The van der Waals surface area contributed by atoms with E-state index in [0.29, 0.717) is 29.7 Å². The Balaban J connectivity index is 2.10. The lowest BCUT2D eigenvalue weighted by Crippen LogP contribution is -2.44. The van der Waals surface area contributed by atoms with E-state index in [1.54, 1.807) is 18.2 Å². The van der Waals surface area contributed by atoms with Crippen LogP contribution in [0.3, 0.4) is 0 Å². The molecule has 2 amide bonds. The van der Waals surface area contributed by atoms with Gasteiger partial charge in [0.25, 0.3) is 0 Å². The first-order valence-electron chi connectivity index (χ1n) is 6.23. The van der Waals surface area contributed by atoms with E-state index >= 15 is 0 Å². The Labute approximate surface area is 121 Å². The van der Waals surface area contributed by atoms with Crippen LogP contribution in [-0.2, 0) is 4.79 Å². The third-order valence-corrected chi connectivity index (χ3v) is 3.87. The number of thioether (sulfide) groups is 1. The van der Waals surface area contributed by atoms with E-state index in [1.165, 1.54) is 16.7 Å². The van der Waals surface area contributed by atoms with Crippen LogP contribution in [0.1, 0.15) is 6.92 Å². The summed E-state index contributed by atoms with van der Waals surface area (Å²) < 4.78 is 5.42. The van der Waals surface area contributed by atoms with Crippen molar-refractivity contribution in [2.24, 2.45) is 0 Å². The van der Waals surface area contributed by atoms with Crippen LogP contribution < -0.4 is 10.1 Å². The van der Waals surface area contributed by atoms with E-state index in [4.69, 9.17) is 9.84 Å². The fourth-order valence-electron chi connectivity index (χ4n) is 1.89. The predicted octanol–water partition coefficient (Wildman–Crippen LogP) is 2.08. The third kappa shape index (κ3) is 3.16. The van der Waals surface area contributed by atoms with Crippen molar-refractivity contribution in [3.8, 4) is 5.75 Å². The zero-order valence-corrected chi connectivity index (χ0v) is 11.9. The maximum Gasteiger partial charge on any atom is 0.327 e. The van der Waals surface area contributed by atoms with Crippen LogP contribution in [0.4, 0.5) is 10.5 Å². The molecule has 2 rings (SSSR count). The van der Waals surface area contributed by atoms with E-state index in [9.17, 15) is 9.59 Å². The number of carboxylic acid groups (broad SMARTS) is 1. The van der Waals surface area contributed by atoms with Gasteiger partial charge in [-0.3, -0.25) is 0 Å². The van der Waals surface area contributed by atoms with Gasteiger partial charge in [-0.1, -0.05) is 12.1 Å². The fourth-order valence-corrected chi connectivity index (χ4v) is 3.03. The number of para-hydroxylation sites is 2. The first-order chi connectivity index (χ1) is 9.63. The Morgan fingerprint density at radius 1 is 1.50 bits per heavy atom. The summed E-state index contributed by atoms with van der Waals surface area (Å²) in [4.78, 5) is 24.6. The third-order valence-electron chi connectivity index (χ3n) is 2.86. The fraction of sp³-hybridized carbons (Fsp3) is 0.385. The number of ether oxygens (including phenoxy) is 1. The minimum absolute atomic E-state index is 0.375. The molecule has 0 saturated carbocycles. The molecule has 0 spiro atoms. The number of rotatable bonds is 4. The molecule has 1 aromatic rings. The van der Waals surface area contributed by atoms with Gasteiger partial charge in [0.1, 0.15) is 11.8 Å². The Morgan fingerprint density at radius 2 is 2.25 bits per heavy atom. The van der Waals surface area contributed by atoms with Gasteiger partial charge in [-0.2, -0.15) is 0 Å². The summed E-state index contributed by atoms with van der Waals surface area (Å²) in [6.07, 6.45) is 0. The lowest BCUT2D eigenvalue weighted by Gasteiger charge is -2.21. The molecular formula is C13H16N2O4S. The number of benzene rings is 1. The van der Waals surface area contributed by atoms with Crippen LogP contribution in [0.5, 0.6) is 5.75 Å². The van der Waals surface area contributed by atoms with Gasteiger partial charge in [0.05, 0.1) is 18.2 Å². The van der Waals surface area contributed by atoms with Crippen LogP contribution in [0.25, 0.3) is 0 Å². The van der Waals surface area contributed by atoms with Crippen LogP contribution in [0, 0.1) is 0 Å². The van der Waals surface area contributed by atoms with E-state index in [-0.39, 0.29) is 0 Å². The molecule has 1 atom stereocenters. The number of aliphatic carboxylic acids is 1. The molecule has 20 heavy (non-hydrogen) atoms. The number of nitrogens with one attached hydrogen (secondary N) is 1. The van der Waals surface area contributed by atoms with Crippen LogP contribution in [0.2, 0.25) is 0 Å². The average molecular weight is 296 g/mol. The molecule has 7 heteroatoms. The van der Waals surface area contributed by atoms with Gasteiger partial charge < -0.3 is 20.1 Å². The molecular weight excluding hydrogens is 280 g/mol. The molecule has 0 bridgehead atoms. The number of anilines is 1. The monoisotopic (exact) mass is 296 g/mol. The molecule has 6 nitrogen and oxygen atoms in total. The van der Waals surface area contributed by atoms with Crippen molar-refractivity contribution in [3.63, 3.8) is 0 Å². The molecule has 0 unspecified atom stereocenters. The zero-order chi connectivity index (χ0) is 14.5. The molecule has 2 N–H and O–H groups in total. The number of carbonyl (C=O) groups excluding carboxylic acids is 1. The quantitative estimate of drug-likeness (QED) is 0.889. The lowest BCUT2D eigenvalue weighted by atomic mass is 10.3. The van der Waals surface area contributed by atoms with E-state index in [0.717, 1.165) is 0 Å². The topological polar surface area (TPSA) is 78.9 Å². The van der Waals surface area contributed by atoms with Gasteiger partial charge in [-0.15, -0.1) is 11.8 Å². The maximum atomic E-state index is 12.2. The lowest BCUT2D eigenvalue weighted by molar-refractivity contribution is -0.140. The SMILES string of the molecule is CCOc1ccccc1NC(=O)N1CSC[C@H]1C(=O)O. The van der Waals surface area contributed by atoms with Gasteiger partial charge in [0.2, 0.25) is 0 Å². The molecule has 1 saturated heterocycles. The summed E-state index contributed by atoms with van der Waals surface area (Å²) in [5.41, 5.74) is 0.542. The standard InChI is InChI=1S/C13H16N2O4S/c1-2-19-11-6-4-3-5-9(11)14-13(18)15-8-20-7-10(15)12(16)17/h3-6,10H,2,7-8H2,1H3,(H,14,18)(H,16,17)/t10-/m0/s1. The Bertz CT molecular complexity index is 509. The number of urea groups is 1. The first kappa shape index (κ1) is 14.5. The summed E-state index contributed by atoms with van der Waals surface area (Å²) in [6, 6.07) is 5.88. The minimum Gasteiger partial charge on any atom is -0.492 e. The molecule has 0 aromatic heterocycles. The van der Waals surface area contributed by atoms with Crippen LogP contribution in [0.15, 0.2) is 24.3 Å². The largest absolute Gasteiger partial charge is 0.492 e. The second-order valence-electron chi connectivity index (χ2n) is 4.18. The van der Waals surface area contributed by atoms with Crippen LogP contribution >= 0.6 is 11.8 Å². The van der Waals surface area contributed by atoms with Crippen molar-refractivity contribution in [2.45, 2.75) is 13.0 Å². The average Bonchev–Trinajstić information content (AvgIpc) is 2.91. The van der Waals surface area contributed by atoms with Gasteiger partial charge >= 0.3 is 12.0 Å². The number of carbonyl (C=O) groups is 2. The van der Waals surface area contributed by atoms with E-state index < -0.39 is 18.0 Å². The molecule has 1 heterocycles. The van der Waals surface area contributed by atoms with Crippen molar-refractivity contribution in [3.05, 3.63) is 24.3 Å². The van der Waals surface area contributed by atoms with Crippen molar-refractivity contribution in [1.29, 1.82) is 0 Å². The first-order valence-corrected chi connectivity index (χ1v) is 7.39. The summed E-state index contributed by atoms with van der Waals surface area (Å²) >= 11 is 1.42. The second-order valence-corrected chi connectivity index (χ2v) is 5.18. The highest BCUT2D eigenvalue weighted by Crippen LogP contribution is 2.26. The minimum atomic E-state index is -0.983. The highest BCUT2D eigenvalue weighted by Gasteiger charge is 2.34. The highest BCUT2D eigenvalue weighted by atomic mass is 32.2. The predicted molar refractivity (Wildman–Crippen MR) is 77.2 cm³/mol. The van der Waals surface area contributed by atoms with Crippen molar-refractivity contribution in [2.75, 3.05) is 23.6 Å². The molecule has 0 radical (unpaired) electrons. The molecule has 0 aliphatic carbocycles. The molecule has 1 aliphatic rings. The smallest absolute Gasteiger partial charge is 0.327 e. The van der Waals surface area contributed by atoms with E-state index in [2.05, 4.69) is 5.32 Å². The summed E-state index contributed by atoms with van der Waals surface area (Å²) in [5, 5.41) is 11.8. The van der Waals surface area contributed by atoms with Crippen molar-refractivity contribution in [1.82, 2.24) is 4.90 Å². The van der Waals surface area contributed by atoms with Gasteiger partial charge in [-0.05, 0) is 19.1 Å². The summed E-state index contributed by atoms with van der Waals surface area (Å²) in [5.74, 6) is 0.375. The number of hydrogen-bond donors (Lipinski definition) is 2. The molecule has 1 fully saturated rings. The molecule has 1 aromatic carbocycles. The Kier molecular flexibility index (Phi) is 4.73. The summed E-state index contributed by atoms with van der Waals surface area (Å²) in [6.45, 7) is 2.35. The highest BCUT2D eigenvalue weighted by molar-refractivity contribution is 7.99. The molecule has 108 valence electrons. The summed E-state index contributed by atoms with van der Waals surface area (Å²) in [7, 11) is 0. The van der Waals surface area contributed by atoms with E-state index in [1.807, 2.05) is 13.0 Å². The van der Waals surface area contributed by atoms with Crippen molar-refractivity contribution >= 4 is 29.4 Å². The Morgan fingerprint density at radius 3 is 2.95 bits per heavy atom. The Hall–Kier alpha value is -1.89. The van der Waals surface area contributed by atoms with Gasteiger partial charge in [0.15, 0.2) is 0 Å². The van der Waals surface area contributed by atoms with Crippen LogP contribution in [-0.4, -0.2) is 46.3 Å². The number of nitrogens with zero attached hydrogens (tertiary/aromatic N) is 1. The number of amides is 2.